The lowest BCUT2D eigenvalue weighted by Crippen LogP contribution is -2.07. The topological polar surface area (TPSA) is 47.6 Å². The van der Waals surface area contributed by atoms with Crippen molar-refractivity contribution in [3.8, 4) is 11.5 Å². The Kier molecular flexibility index (Phi) is 3.55. The van der Waals surface area contributed by atoms with Gasteiger partial charge in [-0.1, -0.05) is 12.1 Å². The van der Waals surface area contributed by atoms with Gasteiger partial charge in [-0.2, -0.15) is 0 Å². The van der Waals surface area contributed by atoms with Crippen LogP contribution < -0.4 is 14.8 Å². The lowest BCUT2D eigenvalue weighted by Gasteiger charge is -2.03. The standard InChI is InChI=1S/C16H12FNO3/c17-12-3-1-2-11(8-12)4-7-16(19)18-13-5-6-14-15(9-13)21-10-20-14/h1-9H,10H2,(H,18,19)/b7-4+. The summed E-state index contributed by atoms with van der Waals surface area (Å²) >= 11 is 0. The van der Waals surface area contributed by atoms with E-state index >= 15 is 0 Å². The van der Waals surface area contributed by atoms with Gasteiger partial charge in [-0.25, -0.2) is 4.39 Å². The maximum atomic E-state index is 13.0. The van der Waals surface area contributed by atoms with E-state index < -0.39 is 0 Å². The quantitative estimate of drug-likeness (QED) is 0.881. The average Bonchev–Trinajstić information content (AvgIpc) is 2.93. The summed E-state index contributed by atoms with van der Waals surface area (Å²) in [6.07, 6.45) is 2.89. The predicted molar refractivity (Wildman–Crippen MR) is 76.6 cm³/mol. The van der Waals surface area contributed by atoms with Crippen molar-refractivity contribution >= 4 is 17.7 Å². The Hall–Kier alpha value is -2.82. The second-order valence-electron chi connectivity index (χ2n) is 4.45. The van der Waals surface area contributed by atoms with Crippen molar-refractivity contribution in [1.29, 1.82) is 0 Å². The van der Waals surface area contributed by atoms with Gasteiger partial charge in [-0.3, -0.25) is 4.79 Å². The van der Waals surface area contributed by atoms with Crippen molar-refractivity contribution in [2.24, 2.45) is 0 Å². The highest BCUT2D eigenvalue weighted by atomic mass is 19.1. The van der Waals surface area contributed by atoms with Crippen molar-refractivity contribution in [1.82, 2.24) is 0 Å². The minimum atomic E-state index is -0.340. The van der Waals surface area contributed by atoms with E-state index in [-0.39, 0.29) is 18.5 Å². The SMILES string of the molecule is O=C(/C=C/c1cccc(F)c1)Nc1ccc2c(c1)OCO2. The molecule has 1 heterocycles. The van der Waals surface area contributed by atoms with Crippen LogP contribution in [0.5, 0.6) is 11.5 Å². The molecule has 2 aromatic carbocycles. The highest BCUT2D eigenvalue weighted by Gasteiger charge is 2.13. The molecule has 0 aliphatic carbocycles. The van der Waals surface area contributed by atoms with E-state index in [0.717, 1.165) is 0 Å². The molecule has 0 saturated heterocycles. The summed E-state index contributed by atoms with van der Waals surface area (Å²) in [5, 5.41) is 2.70. The molecule has 106 valence electrons. The fraction of sp³-hybridized carbons (Fsp3) is 0.0625. The van der Waals surface area contributed by atoms with Crippen LogP contribution in [0.15, 0.2) is 48.5 Å². The molecular formula is C16H12FNO3. The molecule has 0 radical (unpaired) electrons. The molecule has 0 unspecified atom stereocenters. The maximum Gasteiger partial charge on any atom is 0.248 e. The van der Waals surface area contributed by atoms with Crippen LogP contribution in [0, 0.1) is 5.82 Å². The Morgan fingerprint density at radius 1 is 1.14 bits per heavy atom. The average molecular weight is 285 g/mol. The largest absolute Gasteiger partial charge is 0.454 e. The first-order chi connectivity index (χ1) is 10.2. The molecule has 5 heteroatoms. The molecular weight excluding hydrogens is 273 g/mol. The third kappa shape index (κ3) is 3.20. The molecule has 1 aliphatic heterocycles. The molecule has 1 amide bonds. The normalized spacial score (nSPS) is 12.6. The van der Waals surface area contributed by atoms with Crippen molar-refractivity contribution in [2.45, 2.75) is 0 Å². The number of nitrogens with one attached hydrogen (secondary N) is 1. The Labute approximate surface area is 120 Å². The Morgan fingerprint density at radius 3 is 2.86 bits per heavy atom. The summed E-state index contributed by atoms with van der Waals surface area (Å²) in [5.41, 5.74) is 1.23. The number of anilines is 1. The van der Waals surface area contributed by atoms with E-state index in [0.29, 0.717) is 22.7 Å². The monoisotopic (exact) mass is 285 g/mol. The molecule has 1 aliphatic rings. The molecule has 0 fully saturated rings. The zero-order valence-corrected chi connectivity index (χ0v) is 11.0. The molecule has 0 spiro atoms. The second-order valence-corrected chi connectivity index (χ2v) is 4.45. The van der Waals surface area contributed by atoms with Crippen LogP contribution in [0.1, 0.15) is 5.56 Å². The van der Waals surface area contributed by atoms with E-state index in [9.17, 15) is 9.18 Å². The molecule has 4 nitrogen and oxygen atoms in total. The number of amides is 1. The fourth-order valence-corrected chi connectivity index (χ4v) is 1.94. The van der Waals surface area contributed by atoms with Gasteiger partial charge in [0, 0.05) is 17.8 Å². The van der Waals surface area contributed by atoms with Crippen molar-refractivity contribution < 1.29 is 18.7 Å². The van der Waals surface area contributed by atoms with Crippen LogP contribution in [-0.2, 0) is 4.79 Å². The molecule has 3 rings (SSSR count). The molecule has 21 heavy (non-hydrogen) atoms. The molecule has 0 atom stereocenters. The van der Waals surface area contributed by atoms with E-state index in [1.54, 1.807) is 36.4 Å². The number of halogens is 1. The van der Waals surface area contributed by atoms with Gasteiger partial charge in [0.1, 0.15) is 5.82 Å². The fourth-order valence-electron chi connectivity index (χ4n) is 1.94. The Balaban J connectivity index is 1.66. The highest BCUT2D eigenvalue weighted by molar-refractivity contribution is 6.02. The van der Waals surface area contributed by atoms with Crippen LogP contribution in [0.3, 0.4) is 0 Å². The van der Waals surface area contributed by atoms with Crippen LogP contribution in [0.4, 0.5) is 10.1 Å². The van der Waals surface area contributed by atoms with E-state index in [1.165, 1.54) is 18.2 Å². The number of hydrogen-bond acceptors (Lipinski definition) is 3. The van der Waals surface area contributed by atoms with Gasteiger partial charge in [0.2, 0.25) is 12.7 Å². The van der Waals surface area contributed by atoms with Crippen molar-refractivity contribution in [3.05, 3.63) is 59.9 Å². The number of carbonyl (C=O) groups is 1. The maximum absolute atomic E-state index is 13.0. The van der Waals surface area contributed by atoms with Gasteiger partial charge >= 0.3 is 0 Å². The summed E-state index contributed by atoms with van der Waals surface area (Å²) < 4.78 is 23.4. The zero-order chi connectivity index (χ0) is 14.7. The van der Waals surface area contributed by atoms with Crippen molar-refractivity contribution in [3.63, 3.8) is 0 Å². The molecule has 2 aromatic rings. The summed E-state index contributed by atoms with van der Waals surface area (Å²) in [7, 11) is 0. The number of rotatable bonds is 3. The number of fused-ring (bicyclic) bond motifs is 1. The van der Waals surface area contributed by atoms with Gasteiger partial charge in [0.15, 0.2) is 11.5 Å². The summed E-state index contributed by atoms with van der Waals surface area (Å²) in [6, 6.07) is 11.2. The predicted octanol–water partition coefficient (Wildman–Crippen LogP) is 3.21. The van der Waals surface area contributed by atoms with E-state index in [1.807, 2.05) is 0 Å². The van der Waals surface area contributed by atoms with Gasteiger partial charge in [0.25, 0.3) is 0 Å². The number of ether oxygens (including phenoxy) is 2. The van der Waals surface area contributed by atoms with Gasteiger partial charge in [-0.05, 0) is 35.9 Å². The first-order valence-corrected chi connectivity index (χ1v) is 6.35. The number of hydrogen-bond donors (Lipinski definition) is 1. The molecule has 0 bridgehead atoms. The third-order valence-electron chi connectivity index (χ3n) is 2.92. The van der Waals surface area contributed by atoms with Gasteiger partial charge in [0.05, 0.1) is 0 Å². The minimum absolute atomic E-state index is 0.187. The van der Waals surface area contributed by atoms with Gasteiger partial charge < -0.3 is 14.8 Å². The van der Waals surface area contributed by atoms with Crippen LogP contribution in [0.25, 0.3) is 6.08 Å². The van der Waals surface area contributed by atoms with Crippen LogP contribution in [-0.4, -0.2) is 12.7 Å². The van der Waals surface area contributed by atoms with Crippen molar-refractivity contribution in [2.75, 3.05) is 12.1 Å². The Bertz CT molecular complexity index is 712. The first-order valence-electron chi connectivity index (χ1n) is 6.35. The zero-order valence-electron chi connectivity index (χ0n) is 11.0. The lowest BCUT2D eigenvalue weighted by atomic mass is 10.2. The minimum Gasteiger partial charge on any atom is -0.454 e. The molecule has 0 saturated carbocycles. The van der Waals surface area contributed by atoms with Crippen LogP contribution >= 0.6 is 0 Å². The lowest BCUT2D eigenvalue weighted by molar-refractivity contribution is -0.111. The van der Waals surface area contributed by atoms with Crippen LogP contribution in [0.2, 0.25) is 0 Å². The van der Waals surface area contributed by atoms with E-state index in [2.05, 4.69) is 5.32 Å². The summed E-state index contributed by atoms with van der Waals surface area (Å²) in [5.74, 6) is 0.608. The second kappa shape index (κ2) is 5.66. The molecule has 0 aromatic heterocycles. The summed E-state index contributed by atoms with van der Waals surface area (Å²) in [6.45, 7) is 0.187. The number of carbonyl (C=O) groups excluding carboxylic acids is 1. The Morgan fingerprint density at radius 2 is 2.00 bits per heavy atom. The molecule has 1 N–H and O–H groups in total. The summed E-state index contributed by atoms with van der Waals surface area (Å²) in [4.78, 5) is 11.8. The van der Waals surface area contributed by atoms with Gasteiger partial charge in [-0.15, -0.1) is 0 Å². The smallest absolute Gasteiger partial charge is 0.248 e. The van der Waals surface area contributed by atoms with E-state index in [4.69, 9.17) is 9.47 Å². The first kappa shape index (κ1) is 13.2. The highest BCUT2D eigenvalue weighted by Crippen LogP contribution is 2.34. The third-order valence-corrected chi connectivity index (χ3v) is 2.92. The number of benzene rings is 2.